The van der Waals surface area contributed by atoms with Crippen molar-refractivity contribution in [3.8, 4) is 22.3 Å². The van der Waals surface area contributed by atoms with Gasteiger partial charge in [-0.15, -0.1) is 0 Å². The van der Waals surface area contributed by atoms with Gasteiger partial charge < -0.3 is 10.0 Å². The number of halogens is 2. The van der Waals surface area contributed by atoms with Gasteiger partial charge in [0.1, 0.15) is 5.82 Å². The molecule has 5 nitrogen and oxygen atoms in total. The number of nitrogens with zero attached hydrogens (tertiary/aromatic N) is 3. The number of carbonyl (C=O) groups excluding carboxylic acids is 1. The molecule has 0 bridgehead atoms. The van der Waals surface area contributed by atoms with Crippen LogP contribution in [0.15, 0.2) is 48.9 Å². The Labute approximate surface area is 198 Å². The molecule has 0 radical (unpaired) electrons. The number of carbonyl (C=O) groups is 1. The van der Waals surface area contributed by atoms with Crippen molar-refractivity contribution in [3.63, 3.8) is 0 Å². The molecule has 3 heterocycles. The highest BCUT2D eigenvalue weighted by Crippen LogP contribution is 2.35. The van der Waals surface area contributed by atoms with Crippen LogP contribution in [0.5, 0.6) is 0 Å². The van der Waals surface area contributed by atoms with Gasteiger partial charge in [-0.25, -0.2) is 4.39 Å². The molecule has 1 amide bonds. The number of aliphatic hydroxyl groups is 1. The third-order valence-electron chi connectivity index (χ3n) is 5.98. The minimum Gasteiger partial charge on any atom is -0.393 e. The van der Waals surface area contributed by atoms with Gasteiger partial charge in [-0.1, -0.05) is 38.4 Å². The van der Waals surface area contributed by atoms with Crippen LogP contribution in [-0.4, -0.2) is 45.1 Å². The SMILES string of the molecule is CC(C)(C)c1cc(-c2cncc(-c3ccc(C(=O)N4CCC(O)CC4)cc3Cl)c2F)ccn1. The Morgan fingerprint density at radius 1 is 1.09 bits per heavy atom. The molecule has 7 heteroatoms. The summed E-state index contributed by atoms with van der Waals surface area (Å²) in [6, 6.07) is 8.53. The first-order valence-corrected chi connectivity index (χ1v) is 11.4. The lowest BCUT2D eigenvalue weighted by atomic mass is 9.90. The van der Waals surface area contributed by atoms with Gasteiger partial charge >= 0.3 is 0 Å². The monoisotopic (exact) mass is 467 g/mol. The summed E-state index contributed by atoms with van der Waals surface area (Å²) in [5, 5.41) is 9.95. The van der Waals surface area contributed by atoms with E-state index in [0.717, 1.165) is 5.69 Å². The molecule has 1 aliphatic rings. The first kappa shape index (κ1) is 23.3. The van der Waals surface area contributed by atoms with Crippen LogP contribution < -0.4 is 0 Å². The van der Waals surface area contributed by atoms with Crippen LogP contribution in [0, 0.1) is 5.82 Å². The topological polar surface area (TPSA) is 66.3 Å². The van der Waals surface area contributed by atoms with Gasteiger partial charge in [-0.05, 0) is 42.7 Å². The van der Waals surface area contributed by atoms with Crippen LogP contribution in [0.1, 0.15) is 49.7 Å². The molecule has 1 saturated heterocycles. The fourth-order valence-corrected chi connectivity index (χ4v) is 4.24. The second-order valence-electron chi connectivity index (χ2n) is 9.45. The van der Waals surface area contributed by atoms with Crippen molar-refractivity contribution in [3.05, 3.63) is 71.0 Å². The highest BCUT2D eigenvalue weighted by Gasteiger charge is 2.24. The number of amides is 1. The number of aliphatic hydroxyl groups excluding tert-OH is 1. The minimum atomic E-state index is -0.429. The Kier molecular flexibility index (Phi) is 6.50. The van der Waals surface area contributed by atoms with Crippen LogP contribution in [0.4, 0.5) is 4.39 Å². The summed E-state index contributed by atoms with van der Waals surface area (Å²) in [6.45, 7) is 7.17. The summed E-state index contributed by atoms with van der Waals surface area (Å²) in [6.07, 6.45) is 5.38. The molecule has 0 atom stereocenters. The Hall–Kier alpha value is -2.83. The molecule has 172 valence electrons. The Balaban J connectivity index is 1.66. The van der Waals surface area contributed by atoms with Gasteiger partial charge in [0.2, 0.25) is 0 Å². The molecule has 0 unspecified atom stereocenters. The summed E-state index contributed by atoms with van der Waals surface area (Å²) < 4.78 is 15.6. The van der Waals surface area contributed by atoms with Crippen molar-refractivity contribution in [2.24, 2.45) is 0 Å². The van der Waals surface area contributed by atoms with E-state index in [0.29, 0.717) is 48.2 Å². The molecule has 4 rings (SSSR count). The number of piperidine rings is 1. The van der Waals surface area contributed by atoms with Crippen molar-refractivity contribution < 1.29 is 14.3 Å². The third kappa shape index (κ3) is 4.92. The van der Waals surface area contributed by atoms with Crippen molar-refractivity contribution in [2.75, 3.05) is 13.1 Å². The van der Waals surface area contributed by atoms with Crippen LogP contribution in [0.2, 0.25) is 5.02 Å². The average Bonchev–Trinajstić information content (AvgIpc) is 2.79. The summed E-state index contributed by atoms with van der Waals surface area (Å²) in [4.78, 5) is 23.2. The quantitative estimate of drug-likeness (QED) is 0.552. The van der Waals surface area contributed by atoms with Gasteiger partial charge in [0.05, 0.1) is 6.10 Å². The predicted molar refractivity (Wildman–Crippen MR) is 128 cm³/mol. The van der Waals surface area contributed by atoms with E-state index in [1.807, 2.05) is 6.07 Å². The Morgan fingerprint density at radius 3 is 2.45 bits per heavy atom. The Bertz CT molecular complexity index is 1180. The highest BCUT2D eigenvalue weighted by molar-refractivity contribution is 6.33. The highest BCUT2D eigenvalue weighted by atomic mass is 35.5. The van der Waals surface area contributed by atoms with Crippen molar-refractivity contribution >= 4 is 17.5 Å². The lowest BCUT2D eigenvalue weighted by molar-refractivity contribution is 0.0546. The van der Waals surface area contributed by atoms with Gasteiger partial charge in [0.15, 0.2) is 0 Å². The van der Waals surface area contributed by atoms with Crippen molar-refractivity contribution in [1.29, 1.82) is 0 Å². The predicted octanol–water partition coefficient (Wildman–Crippen LogP) is 5.50. The lowest BCUT2D eigenvalue weighted by Crippen LogP contribution is -2.40. The summed E-state index contributed by atoms with van der Waals surface area (Å²) in [5.41, 5.74) is 2.92. The first-order chi connectivity index (χ1) is 15.6. The van der Waals surface area contributed by atoms with Crippen LogP contribution in [0.25, 0.3) is 22.3 Å². The molecule has 1 N–H and O–H groups in total. The second kappa shape index (κ2) is 9.20. The molecule has 0 spiro atoms. The van der Waals surface area contributed by atoms with Crippen LogP contribution in [0.3, 0.4) is 0 Å². The zero-order chi connectivity index (χ0) is 23.8. The van der Waals surface area contributed by atoms with E-state index in [9.17, 15) is 9.90 Å². The summed E-state index contributed by atoms with van der Waals surface area (Å²) >= 11 is 6.51. The fraction of sp³-hybridized carbons (Fsp3) is 0.346. The fourth-order valence-electron chi connectivity index (χ4n) is 3.96. The summed E-state index contributed by atoms with van der Waals surface area (Å²) in [7, 11) is 0. The van der Waals surface area contributed by atoms with Gasteiger partial charge in [0, 0.05) is 70.1 Å². The maximum absolute atomic E-state index is 15.6. The van der Waals surface area contributed by atoms with E-state index in [1.54, 1.807) is 35.4 Å². The number of hydrogen-bond donors (Lipinski definition) is 1. The lowest BCUT2D eigenvalue weighted by Gasteiger charge is -2.29. The van der Waals surface area contributed by atoms with E-state index < -0.39 is 5.82 Å². The molecule has 1 aliphatic heterocycles. The number of hydrogen-bond acceptors (Lipinski definition) is 4. The van der Waals surface area contributed by atoms with E-state index >= 15 is 4.39 Å². The molecular weight excluding hydrogens is 441 g/mol. The van der Waals surface area contributed by atoms with Crippen molar-refractivity contribution in [2.45, 2.75) is 45.1 Å². The maximum Gasteiger partial charge on any atom is 0.253 e. The largest absolute Gasteiger partial charge is 0.393 e. The number of likely N-dealkylation sites (tertiary alicyclic amines) is 1. The third-order valence-corrected chi connectivity index (χ3v) is 6.29. The molecule has 3 aromatic rings. The normalized spacial score (nSPS) is 15.0. The molecule has 0 aliphatic carbocycles. The van der Waals surface area contributed by atoms with Gasteiger partial charge in [-0.3, -0.25) is 14.8 Å². The Morgan fingerprint density at radius 2 is 1.79 bits per heavy atom. The summed E-state index contributed by atoms with van der Waals surface area (Å²) in [5.74, 6) is -0.573. The minimum absolute atomic E-state index is 0.144. The maximum atomic E-state index is 15.6. The van der Waals surface area contributed by atoms with Gasteiger partial charge in [0.25, 0.3) is 5.91 Å². The molecule has 1 fully saturated rings. The second-order valence-corrected chi connectivity index (χ2v) is 9.85. The molecule has 2 aromatic heterocycles. The smallest absolute Gasteiger partial charge is 0.253 e. The van der Waals surface area contributed by atoms with Crippen LogP contribution >= 0.6 is 11.6 Å². The number of rotatable bonds is 3. The average molecular weight is 468 g/mol. The molecular formula is C26H27ClFN3O2. The van der Waals surface area contributed by atoms with E-state index in [1.165, 1.54) is 12.4 Å². The molecule has 1 aromatic carbocycles. The van der Waals surface area contributed by atoms with E-state index in [4.69, 9.17) is 11.6 Å². The van der Waals surface area contributed by atoms with Crippen LogP contribution in [-0.2, 0) is 5.41 Å². The van der Waals surface area contributed by atoms with E-state index in [2.05, 4.69) is 30.7 Å². The number of benzene rings is 1. The van der Waals surface area contributed by atoms with Gasteiger partial charge in [-0.2, -0.15) is 0 Å². The number of pyridine rings is 2. The van der Waals surface area contributed by atoms with E-state index in [-0.39, 0.29) is 28.0 Å². The standard InChI is InChI=1S/C26H27ClFN3O2/c1-26(2,3)23-13-16(6-9-30-23)20-14-29-15-21(24(20)28)19-5-4-17(12-22(19)27)25(33)31-10-7-18(32)8-11-31/h4-6,9,12-15,18,32H,7-8,10-11H2,1-3H3. The zero-order valence-electron chi connectivity index (χ0n) is 19.0. The first-order valence-electron chi connectivity index (χ1n) is 11.0. The molecule has 33 heavy (non-hydrogen) atoms. The molecule has 0 saturated carbocycles. The number of aromatic nitrogens is 2. The zero-order valence-corrected chi connectivity index (χ0v) is 19.7. The van der Waals surface area contributed by atoms with Crippen molar-refractivity contribution in [1.82, 2.24) is 14.9 Å².